The Hall–Kier alpha value is -2.28. The molecule has 0 spiro atoms. The first-order chi connectivity index (χ1) is 10.8. The second-order valence-electron chi connectivity index (χ2n) is 5.22. The molecule has 0 aliphatic carbocycles. The van der Waals surface area contributed by atoms with Crippen LogP contribution in [0.2, 0.25) is 0 Å². The third-order valence-corrected chi connectivity index (χ3v) is 3.80. The number of nitrogens with zero attached hydrogens (tertiary/aromatic N) is 4. The van der Waals surface area contributed by atoms with E-state index < -0.39 is 6.67 Å². The van der Waals surface area contributed by atoms with Gasteiger partial charge in [-0.1, -0.05) is 30.3 Å². The van der Waals surface area contributed by atoms with Crippen LogP contribution in [0.25, 0.3) is 0 Å². The summed E-state index contributed by atoms with van der Waals surface area (Å²) in [4.78, 5) is 18.0. The molecular weight excluding hydrogens is 285 g/mol. The summed E-state index contributed by atoms with van der Waals surface area (Å²) in [7, 11) is 0. The normalized spacial score (nSPS) is 19.1. The lowest BCUT2D eigenvalue weighted by Crippen LogP contribution is -2.49. The van der Waals surface area contributed by atoms with Gasteiger partial charge < -0.3 is 5.32 Å². The number of hydrogen-bond acceptors (Lipinski definition) is 4. The van der Waals surface area contributed by atoms with Gasteiger partial charge in [0.25, 0.3) is 0 Å². The van der Waals surface area contributed by atoms with E-state index in [1.165, 1.54) is 6.33 Å². The van der Waals surface area contributed by atoms with Crippen molar-refractivity contribution < 1.29 is 9.18 Å². The van der Waals surface area contributed by atoms with Gasteiger partial charge in [-0.15, -0.1) is 0 Å². The number of rotatable bonds is 5. The average molecular weight is 303 g/mol. The van der Waals surface area contributed by atoms with E-state index in [9.17, 15) is 9.18 Å². The van der Waals surface area contributed by atoms with Crippen molar-refractivity contribution in [2.75, 3.05) is 19.8 Å². The van der Waals surface area contributed by atoms with Crippen LogP contribution < -0.4 is 5.32 Å². The molecule has 1 N–H and O–H groups in total. The molecule has 116 valence electrons. The van der Waals surface area contributed by atoms with Crippen LogP contribution in [0.15, 0.2) is 36.7 Å². The summed E-state index contributed by atoms with van der Waals surface area (Å²) in [6.07, 6.45) is 1.42. The SMILES string of the molecule is O=C1CN(Cc2ncnn2CCF)[C@H](c2ccccc2)CN1. The van der Waals surface area contributed by atoms with Gasteiger partial charge in [-0.3, -0.25) is 9.69 Å². The zero-order chi connectivity index (χ0) is 15.4. The maximum absolute atomic E-state index is 12.6. The van der Waals surface area contributed by atoms with E-state index in [1.807, 2.05) is 35.2 Å². The Kier molecular flexibility index (Phi) is 4.43. The standard InChI is InChI=1S/C15H18FN5O/c16-6-7-21-14(18-11-19-21)9-20-10-15(22)17-8-13(20)12-4-2-1-3-5-12/h1-5,11,13H,6-10H2,(H,17,22)/t13-/m0/s1. The number of halogens is 1. The van der Waals surface area contributed by atoms with Gasteiger partial charge >= 0.3 is 0 Å². The number of carbonyl (C=O) groups excluding carboxylic acids is 1. The molecule has 1 saturated heterocycles. The van der Waals surface area contributed by atoms with Crippen molar-refractivity contribution in [1.29, 1.82) is 0 Å². The number of piperazine rings is 1. The van der Waals surface area contributed by atoms with Gasteiger partial charge in [0.2, 0.25) is 5.91 Å². The summed E-state index contributed by atoms with van der Waals surface area (Å²) in [6.45, 7) is 1.01. The fourth-order valence-corrected chi connectivity index (χ4v) is 2.72. The molecule has 1 aliphatic heterocycles. The molecule has 0 radical (unpaired) electrons. The first-order valence-corrected chi connectivity index (χ1v) is 7.26. The molecule has 0 unspecified atom stereocenters. The van der Waals surface area contributed by atoms with Crippen LogP contribution >= 0.6 is 0 Å². The molecular formula is C15H18FN5O. The quantitative estimate of drug-likeness (QED) is 0.892. The van der Waals surface area contributed by atoms with E-state index >= 15 is 0 Å². The molecule has 7 heteroatoms. The molecule has 1 aliphatic rings. The monoisotopic (exact) mass is 303 g/mol. The Morgan fingerprint density at radius 2 is 2.14 bits per heavy atom. The molecule has 6 nitrogen and oxygen atoms in total. The van der Waals surface area contributed by atoms with Crippen LogP contribution in [0.3, 0.4) is 0 Å². The largest absolute Gasteiger partial charge is 0.353 e. The Morgan fingerprint density at radius 1 is 1.32 bits per heavy atom. The smallest absolute Gasteiger partial charge is 0.234 e. The van der Waals surface area contributed by atoms with E-state index in [1.54, 1.807) is 4.68 Å². The fourth-order valence-electron chi connectivity index (χ4n) is 2.72. The van der Waals surface area contributed by atoms with Crippen LogP contribution in [-0.2, 0) is 17.9 Å². The van der Waals surface area contributed by atoms with Crippen molar-refractivity contribution in [3.63, 3.8) is 0 Å². The number of carbonyl (C=O) groups is 1. The van der Waals surface area contributed by atoms with Gasteiger partial charge in [-0.2, -0.15) is 5.10 Å². The number of benzene rings is 1. The lowest BCUT2D eigenvalue weighted by molar-refractivity contribution is -0.126. The van der Waals surface area contributed by atoms with Crippen molar-refractivity contribution in [3.05, 3.63) is 48.0 Å². The van der Waals surface area contributed by atoms with E-state index in [0.29, 0.717) is 25.5 Å². The first kappa shape index (κ1) is 14.6. The number of aryl methyl sites for hydroxylation is 1. The second kappa shape index (κ2) is 6.65. The minimum absolute atomic E-state index is 0.0104. The van der Waals surface area contributed by atoms with E-state index in [0.717, 1.165) is 5.56 Å². The highest BCUT2D eigenvalue weighted by Gasteiger charge is 2.28. The van der Waals surface area contributed by atoms with Crippen LogP contribution in [0.1, 0.15) is 17.4 Å². The molecule has 0 bridgehead atoms. The lowest BCUT2D eigenvalue weighted by Gasteiger charge is -2.35. The van der Waals surface area contributed by atoms with Crippen LogP contribution in [0.4, 0.5) is 4.39 Å². The molecule has 3 rings (SSSR count). The highest BCUT2D eigenvalue weighted by molar-refractivity contribution is 5.79. The van der Waals surface area contributed by atoms with Crippen molar-refractivity contribution in [1.82, 2.24) is 25.0 Å². The topological polar surface area (TPSA) is 63.1 Å². The summed E-state index contributed by atoms with van der Waals surface area (Å²) in [5, 5.41) is 6.92. The molecule has 1 atom stereocenters. The molecule has 1 fully saturated rings. The first-order valence-electron chi connectivity index (χ1n) is 7.26. The van der Waals surface area contributed by atoms with Gasteiger partial charge in [0.05, 0.1) is 25.7 Å². The van der Waals surface area contributed by atoms with Crippen LogP contribution in [0.5, 0.6) is 0 Å². The van der Waals surface area contributed by atoms with Crippen LogP contribution in [-0.4, -0.2) is 45.3 Å². The van der Waals surface area contributed by atoms with Crippen molar-refractivity contribution in [3.8, 4) is 0 Å². The van der Waals surface area contributed by atoms with E-state index in [-0.39, 0.29) is 18.5 Å². The van der Waals surface area contributed by atoms with Gasteiger partial charge in [0.1, 0.15) is 18.8 Å². The minimum atomic E-state index is -0.487. The Labute approximate surface area is 128 Å². The van der Waals surface area contributed by atoms with Crippen molar-refractivity contribution in [2.24, 2.45) is 0 Å². The van der Waals surface area contributed by atoms with Gasteiger partial charge in [0.15, 0.2) is 0 Å². The number of alkyl halides is 1. The van der Waals surface area contributed by atoms with Gasteiger partial charge in [0, 0.05) is 6.54 Å². The van der Waals surface area contributed by atoms with Crippen molar-refractivity contribution >= 4 is 5.91 Å². The lowest BCUT2D eigenvalue weighted by atomic mass is 10.0. The van der Waals surface area contributed by atoms with Gasteiger partial charge in [-0.05, 0) is 5.56 Å². The zero-order valence-electron chi connectivity index (χ0n) is 12.2. The number of aromatic nitrogens is 3. The maximum atomic E-state index is 12.6. The number of hydrogen-bond donors (Lipinski definition) is 1. The highest BCUT2D eigenvalue weighted by Crippen LogP contribution is 2.23. The predicted molar refractivity (Wildman–Crippen MR) is 78.6 cm³/mol. The van der Waals surface area contributed by atoms with Gasteiger partial charge in [-0.25, -0.2) is 14.1 Å². The Bertz CT molecular complexity index is 630. The summed E-state index contributed by atoms with van der Waals surface area (Å²) < 4.78 is 14.1. The molecule has 2 heterocycles. The molecule has 0 saturated carbocycles. The molecule has 1 aromatic heterocycles. The summed E-state index contributed by atoms with van der Waals surface area (Å²) in [6, 6.07) is 10.1. The van der Waals surface area contributed by atoms with Crippen LogP contribution in [0, 0.1) is 0 Å². The summed E-state index contributed by atoms with van der Waals surface area (Å²) in [5.41, 5.74) is 1.14. The summed E-state index contributed by atoms with van der Waals surface area (Å²) in [5.74, 6) is 0.664. The maximum Gasteiger partial charge on any atom is 0.234 e. The minimum Gasteiger partial charge on any atom is -0.353 e. The third kappa shape index (κ3) is 3.14. The predicted octanol–water partition coefficient (Wildman–Crippen LogP) is 0.921. The Morgan fingerprint density at radius 3 is 2.91 bits per heavy atom. The van der Waals surface area contributed by atoms with E-state index in [2.05, 4.69) is 15.4 Å². The summed E-state index contributed by atoms with van der Waals surface area (Å²) >= 11 is 0. The third-order valence-electron chi connectivity index (χ3n) is 3.80. The highest BCUT2D eigenvalue weighted by atomic mass is 19.1. The fraction of sp³-hybridized carbons (Fsp3) is 0.400. The second-order valence-corrected chi connectivity index (χ2v) is 5.22. The zero-order valence-corrected chi connectivity index (χ0v) is 12.2. The number of nitrogens with one attached hydrogen (secondary N) is 1. The number of amides is 1. The Balaban J connectivity index is 1.81. The molecule has 1 aromatic carbocycles. The molecule has 2 aromatic rings. The molecule has 1 amide bonds. The van der Waals surface area contributed by atoms with E-state index in [4.69, 9.17) is 0 Å². The molecule has 22 heavy (non-hydrogen) atoms. The average Bonchev–Trinajstić information content (AvgIpc) is 2.96. The van der Waals surface area contributed by atoms with Crippen molar-refractivity contribution in [2.45, 2.75) is 19.1 Å².